The van der Waals surface area contributed by atoms with Gasteiger partial charge < -0.3 is 5.11 Å². The minimum absolute atomic E-state index is 0.121. The summed E-state index contributed by atoms with van der Waals surface area (Å²) in [6, 6.07) is 3.28. The van der Waals surface area contributed by atoms with E-state index in [1.54, 1.807) is 18.2 Å². The normalized spacial score (nSPS) is 13.6. The summed E-state index contributed by atoms with van der Waals surface area (Å²) < 4.78 is 0. The number of benzene rings is 1. The molecule has 2 nitrogen and oxygen atoms in total. The molecule has 0 saturated carbocycles. The van der Waals surface area contributed by atoms with Gasteiger partial charge in [0, 0.05) is 0 Å². The zero-order valence-electron chi connectivity index (χ0n) is 6.04. The van der Waals surface area contributed by atoms with Gasteiger partial charge in [0.1, 0.15) is 5.75 Å². The second-order valence-corrected chi connectivity index (χ2v) is 2.97. The molecule has 3 heteroatoms. The van der Waals surface area contributed by atoms with Gasteiger partial charge in [-0.2, -0.15) is 0 Å². The third-order valence-corrected chi connectivity index (χ3v) is 2.13. The predicted octanol–water partition coefficient (Wildman–Crippen LogP) is 2.26. The van der Waals surface area contributed by atoms with Gasteiger partial charge in [-0.05, 0) is 17.7 Å². The van der Waals surface area contributed by atoms with Crippen molar-refractivity contribution in [2.45, 2.75) is 0 Å². The molecule has 1 aliphatic carbocycles. The number of carbonyl (C=O) groups excluding carboxylic acids is 1. The maximum absolute atomic E-state index is 11.1. The van der Waals surface area contributed by atoms with Gasteiger partial charge in [-0.1, -0.05) is 23.7 Å². The summed E-state index contributed by atoms with van der Waals surface area (Å²) in [5, 5.41) is 9.61. The SMILES string of the molecule is O=C1C=Cc2ccc(Cl)c(O)c21. The lowest BCUT2D eigenvalue weighted by Gasteiger charge is -2.01. The molecule has 1 aliphatic rings. The molecule has 0 atom stereocenters. The number of aromatic hydroxyl groups is 1. The molecule has 1 aromatic carbocycles. The molecule has 0 amide bonds. The average molecular weight is 181 g/mol. The van der Waals surface area contributed by atoms with Crippen LogP contribution in [0.3, 0.4) is 0 Å². The Kier molecular flexibility index (Phi) is 1.45. The van der Waals surface area contributed by atoms with Crippen LogP contribution in [0.4, 0.5) is 0 Å². The van der Waals surface area contributed by atoms with Crippen LogP contribution in [0.25, 0.3) is 6.08 Å². The number of hydrogen-bond acceptors (Lipinski definition) is 2. The van der Waals surface area contributed by atoms with Crippen molar-refractivity contribution in [2.24, 2.45) is 0 Å². The smallest absolute Gasteiger partial charge is 0.190 e. The van der Waals surface area contributed by atoms with Gasteiger partial charge in [-0.15, -0.1) is 0 Å². The molecular weight excluding hydrogens is 176 g/mol. The van der Waals surface area contributed by atoms with Crippen molar-refractivity contribution in [3.63, 3.8) is 0 Å². The highest BCUT2D eigenvalue weighted by molar-refractivity contribution is 6.33. The second-order valence-electron chi connectivity index (χ2n) is 2.56. The third-order valence-electron chi connectivity index (χ3n) is 1.82. The zero-order chi connectivity index (χ0) is 8.72. The lowest BCUT2D eigenvalue weighted by Crippen LogP contribution is -1.92. The number of allylic oxidation sites excluding steroid dienone is 1. The monoisotopic (exact) mass is 180 g/mol. The van der Waals surface area contributed by atoms with E-state index in [4.69, 9.17) is 11.6 Å². The molecule has 1 aromatic rings. The van der Waals surface area contributed by atoms with Crippen molar-refractivity contribution in [1.29, 1.82) is 0 Å². The maximum atomic E-state index is 11.1. The number of rotatable bonds is 0. The van der Waals surface area contributed by atoms with E-state index in [1.807, 2.05) is 0 Å². The molecule has 1 N–H and O–H groups in total. The number of phenols is 1. The van der Waals surface area contributed by atoms with Crippen LogP contribution in [0, 0.1) is 0 Å². The number of halogens is 1. The van der Waals surface area contributed by atoms with E-state index < -0.39 is 0 Å². The summed E-state index contributed by atoms with van der Waals surface area (Å²) in [5.74, 6) is -0.311. The molecule has 0 spiro atoms. The number of hydrogen-bond donors (Lipinski definition) is 1. The molecule has 0 heterocycles. The molecule has 0 saturated heterocycles. The third kappa shape index (κ3) is 0.850. The van der Waals surface area contributed by atoms with Crippen LogP contribution in [0.15, 0.2) is 18.2 Å². The molecule has 0 unspecified atom stereocenters. The summed E-state index contributed by atoms with van der Waals surface area (Å²) >= 11 is 5.63. The fourth-order valence-electron chi connectivity index (χ4n) is 1.23. The molecule has 0 fully saturated rings. The largest absolute Gasteiger partial charge is 0.506 e. The van der Waals surface area contributed by atoms with Crippen LogP contribution in [-0.2, 0) is 0 Å². The second kappa shape index (κ2) is 2.35. The minimum Gasteiger partial charge on any atom is -0.506 e. The van der Waals surface area contributed by atoms with Crippen LogP contribution in [0.5, 0.6) is 5.75 Å². The minimum atomic E-state index is -0.190. The summed E-state index contributed by atoms with van der Waals surface area (Å²) in [6.07, 6.45) is 3.08. The quantitative estimate of drug-likeness (QED) is 0.665. The first-order valence-corrected chi connectivity index (χ1v) is 3.82. The first-order valence-electron chi connectivity index (χ1n) is 3.44. The Morgan fingerprint density at radius 3 is 2.75 bits per heavy atom. The van der Waals surface area contributed by atoms with Crippen molar-refractivity contribution in [3.05, 3.63) is 34.4 Å². The zero-order valence-corrected chi connectivity index (χ0v) is 6.80. The predicted molar refractivity (Wildman–Crippen MR) is 46.5 cm³/mol. The van der Waals surface area contributed by atoms with Crippen molar-refractivity contribution in [1.82, 2.24) is 0 Å². The number of ketones is 1. The van der Waals surface area contributed by atoms with Crippen molar-refractivity contribution in [2.75, 3.05) is 0 Å². The van der Waals surface area contributed by atoms with Gasteiger partial charge in [0.05, 0.1) is 10.6 Å². The Morgan fingerprint density at radius 2 is 2.00 bits per heavy atom. The summed E-state index contributed by atoms with van der Waals surface area (Å²) in [7, 11) is 0. The lowest BCUT2D eigenvalue weighted by molar-refractivity contribution is 0.104. The van der Waals surface area contributed by atoms with Crippen LogP contribution in [0.2, 0.25) is 5.02 Å². The Balaban J connectivity index is 2.76. The highest BCUT2D eigenvalue weighted by Gasteiger charge is 2.19. The number of fused-ring (bicyclic) bond motifs is 1. The van der Waals surface area contributed by atoms with E-state index in [1.165, 1.54) is 6.08 Å². The number of phenolic OH excluding ortho intramolecular Hbond substituents is 1. The van der Waals surface area contributed by atoms with Gasteiger partial charge in [0.15, 0.2) is 5.78 Å². The Labute approximate surface area is 74.1 Å². The van der Waals surface area contributed by atoms with E-state index in [9.17, 15) is 9.90 Å². The fourth-order valence-corrected chi connectivity index (χ4v) is 1.39. The van der Waals surface area contributed by atoms with Gasteiger partial charge >= 0.3 is 0 Å². The van der Waals surface area contributed by atoms with Gasteiger partial charge in [0.25, 0.3) is 0 Å². The van der Waals surface area contributed by atoms with E-state index >= 15 is 0 Å². The Morgan fingerprint density at radius 1 is 1.25 bits per heavy atom. The molecule has 0 radical (unpaired) electrons. The summed E-state index contributed by atoms with van der Waals surface area (Å²) in [6.45, 7) is 0. The van der Waals surface area contributed by atoms with E-state index in [-0.39, 0.29) is 16.6 Å². The van der Waals surface area contributed by atoms with Crippen molar-refractivity contribution >= 4 is 23.5 Å². The molecule has 2 rings (SSSR count). The standard InChI is InChI=1S/C9H5ClO2/c10-6-3-1-5-2-4-7(11)8(5)9(6)12/h1-4,12H. The average Bonchev–Trinajstić information content (AvgIpc) is 2.41. The van der Waals surface area contributed by atoms with Crippen LogP contribution < -0.4 is 0 Å². The Bertz CT molecular complexity index is 394. The molecule has 0 aromatic heterocycles. The first kappa shape index (κ1) is 7.37. The maximum Gasteiger partial charge on any atom is 0.190 e. The van der Waals surface area contributed by atoms with Crippen LogP contribution in [0.1, 0.15) is 15.9 Å². The van der Waals surface area contributed by atoms with Gasteiger partial charge in [0.2, 0.25) is 0 Å². The highest BCUT2D eigenvalue weighted by atomic mass is 35.5. The molecule has 0 bridgehead atoms. The molecule has 12 heavy (non-hydrogen) atoms. The summed E-state index contributed by atoms with van der Waals surface area (Å²) in [5.41, 5.74) is 1.03. The Hall–Kier alpha value is -1.28. The molecule has 60 valence electrons. The summed E-state index contributed by atoms with van der Waals surface area (Å²) in [4.78, 5) is 11.1. The molecule has 0 aliphatic heterocycles. The van der Waals surface area contributed by atoms with Crippen LogP contribution in [-0.4, -0.2) is 10.9 Å². The van der Waals surface area contributed by atoms with Crippen molar-refractivity contribution in [3.8, 4) is 5.75 Å². The van der Waals surface area contributed by atoms with Crippen LogP contribution >= 0.6 is 11.6 Å². The van der Waals surface area contributed by atoms with Gasteiger partial charge in [-0.3, -0.25) is 4.79 Å². The molecular formula is C9H5ClO2. The van der Waals surface area contributed by atoms with Gasteiger partial charge in [-0.25, -0.2) is 0 Å². The van der Waals surface area contributed by atoms with Crippen molar-refractivity contribution < 1.29 is 9.90 Å². The topological polar surface area (TPSA) is 37.3 Å². The van der Waals surface area contributed by atoms with E-state index in [2.05, 4.69) is 0 Å². The van der Waals surface area contributed by atoms with E-state index in [0.717, 1.165) is 5.56 Å². The van der Waals surface area contributed by atoms with E-state index in [0.29, 0.717) is 5.56 Å². The number of carbonyl (C=O) groups is 1. The first-order chi connectivity index (χ1) is 5.70. The lowest BCUT2D eigenvalue weighted by atomic mass is 10.1. The highest BCUT2D eigenvalue weighted by Crippen LogP contribution is 2.33. The fraction of sp³-hybridized carbons (Fsp3) is 0.